The molecule has 0 radical (unpaired) electrons. The van der Waals surface area contributed by atoms with Gasteiger partial charge in [-0.05, 0) is 35.7 Å². The second-order valence-corrected chi connectivity index (χ2v) is 5.69. The van der Waals surface area contributed by atoms with E-state index in [9.17, 15) is 4.79 Å². The number of aryl methyl sites for hydroxylation is 1. The lowest BCUT2D eigenvalue weighted by atomic mass is 9.95. The number of hydrogen-bond acceptors (Lipinski definition) is 2. The number of halogens is 1. The Morgan fingerprint density at radius 3 is 2.45 bits per heavy atom. The molecule has 0 saturated carbocycles. The van der Waals surface area contributed by atoms with E-state index in [0.717, 1.165) is 32.2 Å². The van der Waals surface area contributed by atoms with Gasteiger partial charge in [0.05, 0.1) is 17.1 Å². The van der Waals surface area contributed by atoms with Crippen molar-refractivity contribution in [1.29, 1.82) is 0 Å². The molecule has 0 aliphatic heterocycles. The van der Waals surface area contributed by atoms with Crippen LogP contribution in [-0.2, 0) is 0 Å². The zero-order chi connectivity index (χ0) is 14.3. The first kappa shape index (κ1) is 13.1. The topological polar surface area (TPSA) is 74.7 Å². The molecule has 3 aromatic rings. The van der Waals surface area contributed by atoms with E-state index in [1.54, 1.807) is 0 Å². The Labute approximate surface area is 124 Å². The molecule has 0 aliphatic carbocycles. The Morgan fingerprint density at radius 2 is 1.75 bits per heavy atom. The van der Waals surface area contributed by atoms with Gasteiger partial charge in [0.15, 0.2) is 0 Å². The summed E-state index contributed by atoms with van der Waals surface area (Å²) in [5, 5.41) is 0. The third-order valence-corrected chi connectivity index (χ3v) is 4.18. The van der Waals surface area contributed by atoms with Gasteiger partial charge in [-0.1, -0.05) is 40.2 Å². The summed E-state index contributed by atoms with van der Waals surface area (Å²) in [5.74, 6) is 0. The van der Waals surface area contributed by atoms with Gasteiger partial charge in [-0.2, -0.15) is 0 Å². The molecule has 0 saturated heterocycles. The van der Waals surface area contributed by atoms with Crippen LogP contribution >= 0.6 is 15.9 Å². The molecule has 2 aromatic carbocycles. The maximum atomic E-state index is 11.3. The van der Waals surface area contributed by atoms with Crippen LogP contribution in [0.3, 0.4) is 0 Å². The Bertz CT molecular complexity index is 834. The highest BCUT2D eigenvalue weighted by atomic mass is 79.9. The molecule has 20 heavy (non-hydrogen) atoms. The van der Waals surface area contributed by atoms with Crippen LogP contribution in [0, 0.1) is 6.92 Å². The van der Waals surface area contributed by atoms with Crippen molar-refractivity contribution in [3.05, 3.63) is 68.0 Å². The first-order valence-corrected chi connectivity index (χ1v) is 7.08. The summed E-state index contributed by atoms with van der Waals surface area (Å²) >= 11 is 3.53. The molecule has 0 spiro atoms. The Hall–Kier alpha value is -1.85. The number of benzene rings is 2. The highest BCUT2D eigenvalue weighted by Gasteiger charge is 2.15. The van der Waals surface area contributed by atoms with Gasteiger partial charge in [0, 0.05) is 4.47 Å². The molecule has 0 aliphatic rings. The SMILES string of the molecule is Cc1ccccc1C(N)c1cc2[nH]c(=O)[nH]c2cc1Br. The Kier molecular flexibility index (Phi) is 3.23. The smallest absolute Gasteiger partial charge is 0.320 e. The van der Waals surface area contributed by atoms with E-state index in [1.807, 2.05) is 43.3 Å². The van der Waals surface area contributed by atoms with Gasteiger partial charge in [0.25, 0.3) is 0 Å². The van der Waals surface area contributed by atoms with Gasteiger partial charge in [-0.25, -0.2) is 4.79 Å². The highest BCUT2D eigenvalue weighted by Crippen LogP contribution is 2.30. The third kappa shape index (κ3) is 2.19. The lowest BCUT2D eigenvalue weighted by Gasteiger charge is -2.16. The van der Waals surface area contributed by atoms with Gasteiger partial charge < -0.3 is 15.7 Å². The van der Waals surface area contributed by atoms with Crippen molar-refractivity contribution >= 4 is 27.0 Å². The van der Waals surface area contributed by atoms with E-state index < -0.39 is 0 Å². The van der Waals surface area contributed by atoms with E-state index >= 15 is 0 Å². The molecule has 0 bridgehead atoms. The minimum absolute atomic E-state index is 0.214. The van der Waals surface area contributed by atoms with Crippen LogP contribution in [0.25, 0.3) is 11.0 Å². The van der Waals surface area contributed by atoms with Crippen LogP contribution in [0.2, 0.25) is 0 Å². The van der Waals surface area contributed by atoms with Gasteiger partial charge in [-0.3, -0.25) is 0 Å². The van der Waals surface area contributed by atoms with Crippen LogP contribution in [0.4, 0.5) is 0 Å². The lowest BCUT2D eigenvalue weighted by molar-refractivity contribution is 0.858. The first-order chi connectivity index (χ1) is 9.56. The van der Waals surface area contributed by atoms with Gasteiger partial charge >= 0.3 is 5.69 Å². The molecule has 4 nitrogen and oxygen atoms in total. The largest absolute Gasteiger partial charge is 0.323 e. The zero-order valence-corrected chi connectivity index (χ0v) is 12.5. The van der Waals surface area contributed by atoms with Crippen molar-refractivity contribution in [1.82, 2.24) is 9.97 Å². The normalized spacial score (nSPS) is 12.8. The van der Waals surface area contributed by atoms with Crippen LogP contribution in [-0.4, -0.2) is 9.97 Å². The number of aromatic nitrogens is 2. The number of nitrogens with two attached hydrogens (primary N) is 1. The summed E-state index contributed by atoms with van der Waals surface area (Å²) in [6, 6.07) is 11.6. The van der Waals surface area contributed by atoms with Crippen LogP contribution in [0.1, 0.15) is 22.7 Å². The molecule has 3 rings (SSSR count). The fourth-order valence-electron chi connectivity index (χ4n) is 2.41. The first-order valence-electron chi connectivity index (χ1n) is 6.29. The predicted molar refractivity (Wildman–Crippen MR) is 83.8 cm³/mol. The quantitative estimate of drug-likeness (QED) is 0.675. The summed E-state index contributed by atoms with van der Waals surface area (Å²) in [4.78, 5) is 16.8. The molecule has 0 amide bonds. The summed E-state index contributed by atoms with van der Waals surface area (Å²) in [6.07, 6.45) is 0. The zero-order valence-electron chi connectivity index (χ0n) is 10.9. The maximum absolute atomic E-state index is 11.3. The van der Waals surface area contributed by atoms with E-state index in [0.29, 0.717) is 0 Å². The number of H-pyrrole nitrogens is 2. The summed E-state index contributed by atoms with van der Waals surface area (Å²) in [5.41, 5.74) is 10.9. The number of rotatable bonds is 2. The minimum Gasteiger partial charge on any atom is -0.320 e. The molecule has 1 unspecified atom stereocenters. The highest BCUT2D eigenvalue weighted by molar-refractivity contribution is 9.10. The fourth-order valence-corrected chi connectivity index (χ4v) is 3.00. The monoisotopic (exact) mass is 331 g/mol. The summed E-state index contributed by atoms with van der Waals surface area (Å²) < 4.78 is 0.885. The van der Waals surface area contributed by atoms with E-state index in [4.69, 9.17) is 5.73 Å². The molecule has 4 N–H and O–H groups in total. The van der Waals surface area contributed by atoms with Gasteiger partial charge in [-0.15, -0.1) is 0 Å². The molecular formula is C15H14BrN3O. The van der Waals surface area contributed by atoms with Crippen LogP contribution < -0.4 is 11.4 Å². The minimum atomic E-state index is -0.242. The Morgan fingerprint density at radius 1 is 1.10 bits per heavy atom. The van der Waals surface area contributed by atoms with Crippen molar-refractivity contribution in [2.24, 2.45) is 5.73 Å². The van der Waals surface area contributed by atoms with Crippen molar-refractivity contribution < 1.29 is 0 Å². The fraction of sp³-hybridized carbons (Fsp3) is 0.133. The lowest BCUT2D eigenvalue weighted by Crippen LogP contribution is -2.13. The predicted octanol–water partition coefficient (Wildman–Crippen LogP) is 2.98. The number of aromatic amines is 2. The average Bonchev–Trinajstić information content (AvgIpc) is 2.76. The van der Waals surface area contributed by atoms with Crippen molar-refractivity contribution in [3.8, 4) is 0 Å². The molecule has 0 fully saturated rings. The number of imidazole rings is 1. The molecule has 102 valence electrons. The summed E-state index contributed by atoms with van der Waals surface area (Å²) in [6.45, 7) is 2.04. The van der Waals surface area contributed by atoms with Gasteiger partial charge in [0.1, 0.15) is 0 Å². The summed E-state index contributed by atoms with van der Waals surface area (Å²) in [7, 11) is 0. The molecule has 5 heteroatoms. The molecule has 1 aromatic heterocycles. The standard InChI is InChI=1S/C15H14BrN3O/c1-8-4-2-3-5-9(8)14(17)10-6-12-13(7-11(10)16)19-15(20)18-12/h2-7,14H,17H2,1H3,(H2,18,19,20). The van der Waals surface area contributed by atoms with E-state index in [2.05, 4.69) is 25.9 Å². The van der Waals surface area contributed by atoms with Crippen molar-refractivity contribution in [3.63, 3.8) is 0 Å². The number of hydrogen-bond donors (Lipinski definition) is 3. The van der Waals surface area contributed by atoms with Crippen molar-refractivity contribution in [2.45, 2.75) is 13.0 Å². The van der Waals surface area contributed by atoms with Crippen LogP contribution in [0.15, 0.2) is 45.7 Å². The Balaban J connectivity index is 2.16. The average molecular weight is 332 g/mol. The van der Waals surface area contributed by atoms with Crippen molar-refractivity contribution in [2.75, 3.05) is 0 Å². The third-order valence-electron chi connectivity index (χ3n) is 3.49. The maximum Gasteiger partial charge on any atom is 0.323 e. The van der Waals surface area contributed by atoms with Crippen LogP contribution in [0.5, 0.6) is 0 Å². The molecule has 1 atom stereocenters. The van der Waals surface area contributed by atoms with E-state index in [-0.39, 0.29) is 11.7 Å². The second-order valence-electron chi connectivity index (χ2n) is 4.83. The molecule has 1 heterocycles. The van der Waals surface area contributed by atoms with E-state index in [1.165, 1.54) is 0 Å². The number of fused-ring (bicyclic) bond motifs is 1. The molecular weight excluding hydrogens is 318 g/mol. The van der Waals surface area contributed by atoms with Gasteiger partial charge in [0.2, 0.25) is 0 Å². The number of nitrogens with one attached hydrogen (secondary N) is 2. The second kappa shape index (κ2) is 4.92.